The molecule has 0 unspecified atom stereocenters. The predicted molar refractivity (Wildman–Crippen MR) is 53.6 cm³/mol. The molecule has 14 heavy (non-hydrogen) atoms. The smallest absolute Gasteiger partial charge is 0.308 e. The Balaban J connectivity index is 2.68. The Bertz CT molecular complexity index is 283. The van der Waals surface area contributed by atoms with Crippen LogP contribution in [0, 0.1) is 0 Å². The minimum atomic E-state index is -0.963. The van der Waals surface area contributed by atoms with Crippen LogP contribution in [-0.2, 0) is 14.0 Å². The van der Waals surface area contributed by atoms with Gasteiger partial charge in [0.15, 0.2) is 5.78 Å². The number of ketones is 1. The summed E-state index contributed by atoms with van der Waals surface area (Å²) in [5.74, 6) is -0.382. The second kappa shape index (κ2) is 4.95. The van der Waals surface area contributed by atoms with Crippen LogP contribution in [-0.4, -0.2) is 26.6 Å². The van der Waals surface area contributed by atoms with Crippen LogP contribution < -0.4 is 0 Å². The lowest BCUT2D eigenvalue weighted by Gasteiger charge is -2.06. The number of Topliss-reactive ketones (excluding diaryl/α,β-unsaturated/α-hetero) is 1. The lowest BCUT2D eigenvalue weighted by atomic mass is 10.1. The highest BCUT2D eigenvalue weighted by molar-refractivity contribution is 6.27. The van der Waals surface area contributed by atoms with Gasteiger partial charge < -0.3 is 9.53 Å². The van der Waals surface area contributed by atoms with Crippen LogP contribution in [0.2, 0.25) is 6.04 Å². The van der Waals surface area contributed by atoms with E-state index < -0.39 is 15.7 Å². The minimum Gasteiger partial charge on any atom is -0.552 e. The van der Waals surface area contributed by atoms with Crippen molar-refractivity contribution < 1.29 is 19.1 Å². The van der Waals surface area contributed by atoms with Gasteiger partial charge >= 0.3 is 5.97 Å². The molecule has 1 aliphatic rings. The summed E-state index contributed by atoms with van der Waals surface area (Å²) in [4.78, 5) is 21.8. The van der Waals surface area contributed by atoms with E-state index in [9.17, 15) is 9.59 Å². The third-order valence-electron chi connectivity index (χ3n) is 2.06. The predicted octanol–water partition coefficient (Wildman–Crippen LogP) is 0.617. The van der Waals surface area contributed by atoms with Gasteiger partial charge in [-0.15, -0.1) is 0 Å². The molecule has 1 aliphatic carbocycles. The van der Waals surface area contributed by atoms with Gasteiger partial charge in [-0.05, 0) is 6.04 Å². The average Bonchev–Trinajstić information content (AvgIpc) is 2.45. The van der Waals surface area contributed by atoms with Crippen LogP contribution in [0.15, 0.2) is 11.3 Å². The SMILES string of the molecule is CC[SiH2]OC1=C(CC(=O)O)C(=O)CC1. The first kappa shape index (κ1) is 11.0. The van der Waals surface area contributed by atoms with Crippen molar-refractivity contribution >= 4 is 21.5 Å². The Hall–Kier alpha value is -1.10. The quantitative estimate of drug-likeness (QED) is 0.681. The monoisotopic (exact) mass is 214 g/mol. The zero-order valence-electron chi connectivity index (χ0n) is 8.21. The highest BCUT2D eigenvalue weighted by atomic mass is 28.2. The van der Waals surface area contributed by atoms with Gasteiger partial charge in [0, 0.05) is 18.4 Å². The molecule has 1 N–H and O–H groups in total. The summed E-state index contributed by atoms with van der Waals surface area (Å²) in [6, 6.07) is 0.998. The molecular formula is C9H14O4Si. The number of carboxylic acid groups (broad SMARTS) is 1. The van der Waals surface area contributed by atoms with Gasteiger partial charge in [0.05, 0.1) is 12.2 Å². The molecule has 0 bridgehead atoms. The van der Waals surface area contributed by atoms with Crippen molar-refractivity contribution in [1.29, 1.82) is 0 Å². The van der Waals surface area contributed by atoms with Crippen LogP contribution in [0.5, 0.6) is 0 Å². The van der Waals surface area contributed by atoms with Gasteiger partial charge in [-0.3, -0.25) is 9.59 Å². The number of carboxylic acids is 1. The number of carbonyl (C=O) groups is 2. The molecule has 0 aliphatic heterocycles. The first-order valence-electron chi connectivity index (χ1n) is 4.75. The van der Waals surface area contributed by atoms with Crippen LogP contribution in [0.3, 0.4) is 0 Å². The average molecular weight is 214 g/mol. The van der Waals surface area contributed by atoms with Crippen molar-refractivity contribution in [2.24, 2.45) is 0 Å². The van der Waals surface area contributed by atoms with E-state index in [0.717, 1.165) is 6.04 Å². The van der Waals surface area contributed by atoms with Crippen molar-refractivity contribution in [1.82, 2.24) is 0 Å². The van der Waals surface area contributed by atoms with E-state index in [1.807, 2.05) is 6.92 Å². The fourth-order valence-corrected chi connectivity index (χ4v) is 2.19. The van der Waals surface area contributed by atoms with Crippen LogP contribution in [0.25, 0.3) is 0 Å². The second-order valence-corrected chi connectivity index (χ2v) is 4.94. The molecule has 0 radical (unpaired) electrons. The summed E-state index contributed by atoms with van der Waals surface area (Å²) in [5, 5.41) is 8.60. The normalized spacial score (nSPS) is 17.1. The molecule has 0 atom stereocenters. The number of hydrogen-bond acceptors (Lipinski definition) is 3. The van der Waals surface area contributed by atoms with E-state index in [4.69, 9.17) is 9.53 Å². The maximum Gasteiger partial charge on any atom is 0.308 e. The molecule has 0 saturated heterocycles. The standard InChI is InChI=1S/C9H14O4Si/c1-2-14-13-8-4-3-7(10)6(8)5-9(11)12/h2-5,14H2,1H3,(H,11,12). The maximum absolute atomic E-state index is 11.3. The number of allylic oxidation sites excluding steroid dienone is 1. The number of hydrogen-bond donors (Lipinski definition) is 1. The van der Waals surface area contributed by atoms with Crippen molar-refractivity contribution in [2.75, 3.05) is 0 Å². The highest BCUT2D eigenvalue weighted by Crippen LogP contribution is 2.26. The molecule has 0 aromatic carbocycles. The summed E-state index contributed by atoms with van der Waals surface area (Å²) in [6.07, 6.45) is 0.816. The second-order valence-electron chi connectivity index (χ2n) is 3.24. The van der Waals surface area contributed by atoms with Crippen molar-refractivity contribution in [3.05, 3.63) is 11.3 Å². The maximum atomic E-state index is 11.3. The summed E-state index contributed by atoms with van der Waals surface area (Å²) in [5.41, 5.74) is 0.387. The first-order valence-corrected chi connectivity index (χ1v) is 6.32. The summed E-state index contributed by atoms with van der Waals surface area (Å²) in [7, 11) is -0.599. The summed E-state index contributed by atoms with van der Waals surface area (Å²) in [6.45, 7) is 2.03. The van der Waals surface area contributed by atoms with Gasteiger partial charge in [-0.2, -0.15) is 0 Å². The van der Waals surface area contributed by atoms with E-state index in [1.165, 1.54) is 0 Å². The van der Waals surface area contributed by atoms with Gasteiger partial charge in [0.2, 0.25) is 9.76 Å². The minimum absolute atomic E-state index is 0.0625. The van der Waals surface area contributed by atoms with Gasteiger partial charge in [0.1, 0.15) is 0 Å². The Labute approximate surface area is 84.9 Å². The van der Waals surface area contributed by atoms with E-state index >= 15 is 0 Å². The number of aliphatic carboxylic acids is 1. The van der Waals surface area contributed by atoms with Gasteiger partial charge in [-0.1, -0.05) is 6.92 Å². The third kappa shape index (κ3) is 2.70. The highest BCUT2D eigenvalue weighted by Gasteiger charge is 2.25. The van der Waals surface area contributed by atoms with Crippen molar-refractivity contribution in [2.45, 2.75) is 32.2 Å². The van der Waals surface area contributed by atoms with Crippen LogP contribution in [0.4, 0.5) is 0 Å². The van der Waals surface area contributed by atoms with E-state index in [1.54, 1.807) is 0 Å². The third-order valence-corrected chi connectivity index (χ3v) is 3.02. The molecule has 0 fully saturated rings. The Morgan fingerprint density at radius 2 is 2.29 bits per heavy atom. The molecule has 0 amide bonds. The molecule has 4 nitrogen and oxygen atoms in total. The first-order chi connectivity index (χ1) is 6.65. The zero-order valence-corrected chi connectivity index (χ0v) is 9.62. The van der Waals surface area contributed by atoms with Gasteiger partial charge in [0.25, 0.3) is 0 Å². The van der Waals surface area contributed by atoms with Crippen LogP contribution in [0.1, 0.15) is 26.2 Å². The molecule has 78 valence electrons. The molecular weight excluding hydrogens is 200 g/mol. The van der Waals surface area contributed by atoms with Gasteiger partial charge in [-0.25, -0.2) is 0 Å². The summed E-state index contributed by atoms with van der Waals surface area (Å²) < 4.78 is 5.47. The van der Waals surface area contributed by atoms with Crippen molar-refractivity contribution in [3.8, 4) is 0 Å². The Morgan fingerprint density at radius 1 is 1.57 bits per heavy atom. The molecule has 5 heteroatoms. The summed E-state index contributed by atoms with van der Waals surface area (Å²) >= 11 is 0. The van der Waals surface area contributed by atoms with E-state index in [0.29, 0.717) is 24.2 Å². The molecule has 1 rings (SSSR count). The van der Waals surface area contributed by atoms with E-state index in [2.05, 4.69) is 0 Å². The molecule has 0 spiro atoms. The largest absolute Gasteiger partial charge is 0.552 e. The molecule has 0 aromatic rings. The lowest BCUT2D eigenvalue weighted by Crippen LogP contribution is -2.06. The topological polar surface area (TPSA) is 63.6 Å². The molecule has 0 heterocycles. The number of rotatable bonds is 5. The fraction of sp³-hybridized carbons (Fsp3) is 0.556. The molecule has 0 aromatic heterocycles. The van der Waals surface area contributed by atoms with Crippen LogP contribution >= 0.6 is 0 Å². The van der Waals surface area contributed by atoms with Crippen molar-refractivity contribution in [3.63, 3.8) is 0 Å². The van der Waals surface area contributed by atoms with E-state index in [-0.39, 0.29) is 12.2 Å². The zero-order chi connectivity index (χ0) is 10.6. The fourth-order valence-electron chi connectivity index (χ4n) is 1.42. The Kier molecular flexibility index (Phi) is 3.88. The lowest BCUT2D eigenvalue weighted by molar-refractivity contribution is -0.137. The molecule has 0 saturated carbocycles. The number of carbonyl (C=O) groups excluding carboxylic acids is 1. The Morgan fingerprint density at radius 3 is 2.86 bits per heavy atom.